The number of nitrogens with zero attached hydrogens (tertiary/aromatic N) is 4. The topological polar surface area (TPSA) is 104 Å². The lowest BCUT2D eigenvalue weighted by Gasteiger charge is -2.04. The van der Waals surface area contributed by atoms with E-state index in [0.717, 1.165) is 29.0 Å². The van der Waals surface area contributed by atoms with E-state index in [0.29, 0.717) is 30.4 Å². The van der Waals surface area contributed by atoms with Crippen LogP contribution in [0.2, 0.25) is 0 Å². The first-order valence-corrected chi connectivity index (χ1v) is 8.10. The number of ether oxygens (including phenoxy) is 1. The molecule has 8 nitrogen and oxygen atoms in total. The second kappa shape index (κ2) is 6.40. The molecule has 0 aromatic carbocycles. The number of rotatable bonds is 6. The third-order valence-corrected chi connectivity index (χ3v) is 3.75. The summed E-state index contributed by atoms with van der Waals surface area (Å²) in [5, 5.41) is 8.62. The van der Waals surface area contributed by atoms with Gasteiger partial charge in [0.2, 0.25) is 5.88 Å². The molecule has 25 heavy (non-hydrogen) atoms. The van der Waals surface area contributed by atoms with Gasteiger partial charge in [-0.05, 0) is 25.1 Å². The predicted molar refractivity (Wildman–Crippen MR) is 94.7 cm³/mol. The average molecular weight is 338 g/mol. The predicted octanol–water partition coefficient (Wildman–Crippen LogP) is 2.31. The molecule has 0 fully saturated rings. The van der Waals surface area contributed by atoms with Crippen molar-refractivity contribution in [2.75, 3.05) is 25.0 Å². The van der Waals surface area contributed by atoms with Gasteiger partial charge in [-0.25, -0.2) is 14.5 Å². The van der Waals surface area contributed by atoms with Gasteiger partial charge in [0.25, 0.3) is 0 Å². The van der Waals surface area contributed by atoms with Crippen LogP contribution < -0.4 is 15.8 Å². The van der Waals surface area contributed by atoms with Crippen molar-refractivity contribution in [3.8, 4) is 17.3 Å². The zero-order valence-corrected chi connectivity index (χ0v) is 13.8. The van der Waals surface area contributed by atoms with Crippen molar-refractivity contribution >= 4 is 22.4 Å². The van der Waals surface area contributed by atoms with Gasteiger partial charge >= 0.3 is 0 Å². The molecule has 4 heterocycles. The molecule has 0 aliphatic carbocycles. The van der Waals surface area contributed by atoms with Crippen LogP contribution in [0, 0.1) is 0 Å². The van der Waals surface area contributed by atoms with E-state index in [2.05, 4.69) is 20.4 Å². The maximum absolute atomic E-state index is 5.99. The normalized spacial score (nSPS) is 11.3. The van der Waals surface area contributed by atoms with Crippen LogP contribution in [0.15, 0.2) is 41.1 Å². The summed E-state index contributed by atoms with van der Waals surface area (Å²) >= 11 is 0. The molecule has 128 valence electrons. The summed E-state index contributed by atoms with van der Waals surface area (Å²) in [7, 11) is 0. The summed E-state index contributed by atoms with van der Waals surface area (Å²) in [5.74, 6) is 1.95. The van der Waals surface area contributed by atoms with Gasteiger partial charge in [-0.15, -0.1) is 5.10 Å². The van der Waals surface area contributed by atoms with Gasteiger partial charge in [0, 0.05) is 25.4 Å². The minimum absolute atomic E-state index is 0.408. The van der Waals surface area contributed by atoms with Crippen LogP contribution in [0.25, 0.3) is 28.1 Å². The first-order valence-electron chi connectivity index (χ1n) is 8.10. The Kier molecular flexibility index (Phi) is 3.95. The van der Waals surface area contributed by atoms with Gasteiger partial charge in [0.15, 0.2) is 11.4 Å². The largest absolute Gasteiger partial charge is 0.475 e. The highest BCUT2D eigenvalue weighted by Gasteiger charge is 2.15. The average Bonchev–Trinajstić information content (AvgIpc) is 3.24. The number of imidazole rings is 1. The van der Waals surface area contributed by atoms with E-state index in [1.54, 1.807) is 23.0 Å². The van der Waals surface area contributed by atoms with E-state index in [9.17, 15) is 0 Å². The Hall–Kier alpha value is -3.13. The fourth-order valence-corrected chi connectivity index (χ4v) is 2.66. The number of pyridine rings is 1. The summed E-state index contributed by atoms with van der Waals surface area (Å²) < 4.78 is 13.2. The van der Waals surface area contributed by atoms with Crippen LogP contribution in [0.3, 0.4) is 0 Å². The van der Waals surface area contributed by atoms with Gasteiger partial charge in [-0.3, -0.25) is 0 Å². The molecule has 4 rings (SSSR count). The summed E-state index contributed by atoms with van der Waals surface area (Å²) in [6.45, 7) is 3.65. The summed E-state index contributed by atoms with van der Waals surface area (Å²) in [6.07, 6.45) is 3.45. The van der Waals surface area contributed by atoms with Gasteiger partial charge in [0.05, 0.1) is 11.6 Å². The van der Waals surface area contributed by atoms with Gasteiger partial charge in [-0.2, -0.15) is 0 Å². The Morgan fingerprint density at radius 2 is 2.20 bits per heavy atom. The minimum atomic E-state index is 0.408. The van der Waals surface area contributed by atoms with Crippen LogP contribution in [0.5, 0.6) is 5.88 Å². The van der Waals surface area contributed by atoms with E-state index in [1.807, 2.05) is 25.1 Å². The van der Waals surface area contributed by atoms with Crippen LogP contribution in [-0.4, -0.2) is 39.3 Å². The van der Waals surface area contributed by atoms with Crippen molar-refractivity contribution in [2.45, 2.75) is 6.92 Å². The maximum Gasteiger partial charge on any atom is 0.231 e. The molecular weight excluding hydrogens is 320 g/mol. The summed E-state index contributed by atoms with van der Waals surface area (Å²) in [6, 6.07) is 7.40. The van der Waals surface area contributed by atoms with Crippen molar-refractivity contribution in [1.82, 2.24) is 19.6 Å². The Morgan fingerprint density at radius 1 is 1.28 bits per heavy atom. The van der Waals surface area contributed by atoms with Gasteiger partial charge < -0.3 is 20.2 Å². The lowest BCUT2D eigenvalue weighted by molar-refractivity contribution is 0.310. The number of anilines is 1. The van der Waals surface area contributed by atoms with E-state index in [4.69, 9.17) is 14.9 Å². The second-order valence-electron chi connectivity index (χ2n) is 5.43. The molecule has 0 aliphatic rings. The third-order valence-electron chi connectivity index (χ3n) is 3.75. The molecular formula is C17H18N6O2. The number of hydrogen-bond donors (Lipinski definition) is 2. The zero-order chi connectivity index (χ0) is 17.2. The molecule has 0 atom stereocenters. The molecule has 0 bridgehead atoms. The van der Waals surface area contributed by atoms with Crippen LogP contribution >= 0.6 is 0 Å². The summed E-state index contributed by atoms with van der Waals surface area (Å²) in [5.41, 5.74) is 7.68. The Balaban J connectivity index is 1.81. The molecule has 4 aromatic rings. The van der Waals surface area contributed by atoms with E-state index >= 15 is 0 Å². The smallest absolute Gasteiger partial charge is 0.231 e. The monoisotopic (exact) mass is 338 g/mol. The van der Waals surface area contributed by atoms with Crippen LogP contribution in [0.4, 0.5) is 5.82 Å². The number of fused-ring (bicyclic) bond motifs is 2. The van der Waals surface area contributed by atoms with Crippen molar-refractivity contribution in [3.05, 3.63) is 36.7 Å². The standard InChI is InChI=1S/C17H18N6O2/c1-2-19-17-11-9-14(25-13(11)5-7-20-17)12-10-21-15-3-4-16(22-23(12)15)24-8-6-18/h3-5,7,9-10H,2,6,8,18H2,1H3,(H,19,20). The third kappa shape index (κ3) is 2.76. The highest BCUT2D eigenvalue weighted by atomic mass is 16.5. The first-order chi connectivity index (χ1) is 12.3. The second-order valence-corrected chi connectivity index (χ2v) is 5.43. The van der Waals surface area contributed by atoms with E-state index in [1.165, 1.54) is 0 Å². The number of hydrogen-bond acceptors (Lipinski definition) is 7. The van der Waals surface area contributed by atoms with E-state index < -0.39 is 0 Å². The molecule has 0 unspecified atom stereocenters. The highest BCUT2D eigenvalue weighted by molar-refractivity contribution is 5.91. The van der Waals surface area contributed by atoms with Crippen LogP contribution in [-0.2, 0) is 0 Å². The Labute approximate surface area is 143 Å². The maximum atomic E-state index is 5.99. The fraction of sp³-hybridized carbons (Fsp3) is 0.235. The lowest BCUT2D eigenvalue weighted by atomic mass is 10.2. The van der Waals surface area contributed by atoms with E-state index in [-0.39, 0.29) is 0 Å². The number of nitrogens with one attached hydrogen (secondary N) is 1. The molecule has 0 radical (unpaired) electrons. The SMILES string of the molecule is CCNc1nccc2oc(-c3cnc4ccc(OCCN)nn34)cc12. The highest BCUT2D eigenvalue weighted by Crippen LogP contribution is 2.31. The van der Waals surface area contributed by atoms with Gasteiger partial charge in [-0.1, -0.05) is 0 Å². The zero-order valence-electron chi connectivity index (χ0n) is 13.8. The Bertz CT molecular complexity index is 1020. The molecule has 0 saturated heterocycles. The molecule has 0 spiro atoms. The lowest BCUT2D eigenvalue weighted by Crippen LogP contribution is -2.12. The molecule has 0 aliphatic heterocycles. The first kappa shape index (κ1) is 15.4. The van der Waals surface area contributed by atoms with Crippen molar-refractivity contribution in [1.29, 1.82) is 0 Å². The van der Waals surface area contributed by atoms with Crippen molar-refractivity contribution < 1.29 is 9.15 Å². The molecule has 8 heteroatoms. The molecule has 3 N–H and O–H groups in total. The molecule has 4 aromatic heterocycles. The van der Waals surface area contributed by atoms with Crippen molar-refractivity contribution in [3.63, 3.8) is 0 Å². The molecule has 0 amide bonds. The minimum Gasteiger partial charge on any atom is -0.475 e. The van der Waals surface area contributed by atoms with Crippen molar-refractivity contribution in [2.24, 2.45) is 5.73 Å². The Morgan fingerprint density at radius 3 is 3.04 bits per heavy atom. The fourth-order valence-electron chi connectivity index (χ4n) is 2.66. The summed E-state index contributed by atoms with van der Waals surface area (Å²) in [4.78, 5) is 8.73. The van der Waals surface area contributed by atoms with Crippen LogP contribution in [0.1, 0.15) is 6.92 Å². The number of aromatic nitrogens is 4. The number of nitrogens with two attached hydrogens (primary N) is 1. The number of furan rings is 1. The van der Waals surface area contributed by atoms with Gasteiger partial charge in [0.1, 0.15) is 23.7 Å². The quantitative estimate of drug-likeness (QED) is 0.556. The molecule has 0 saturated carbocycles.